The number of hydrogen-bond donors (Lipinski definition) is 1. The van der Waals surface area contributed by atoms with Gasteiger partial charge in [0.15, 0.2) is 0 Å². The van der Waals surface area contributed by atoms with Crippen molar-refractivity contribution in [2.75, 3.05) is 13.4 Å². The summed E-state index contributed by atoms with van der Waals surface area (Å²) in [5, 5.41) is 8.03. The van der Waals surface area contributed by atoms with Gasteiger partial charge in [0.25, 0.3) is 5.78 Å². The zero-order valence-corrected chi connectivity index (χ0v) is 16.1. The molecule has 3 aromatic rings. The van der Waals surface area contributed by atoms with Crippen molar-refractivity contribution >= 4 is 23.4 Å². The Bertz CT molecular complexity index is 954. The fraction of sp³-hybridized carbons (Fsp3) is 0.333. The minimum atomic E-state index is -0.0645. The number of hydrogen-bond acceptors (Lipinski definition) is 6. The summed E-state index contributed by atoms with van der Waals surface area (Å²) in [6.45, 7) is 4.28. The van der Waals surface area contributed by atoms with Crippen LogP contribution in [0.15, 0.2) is 29.4 Å². The van der Waals surface area contributed by atoms with Crippen LogP contribution in [0.2, 0.25) is 0 Å². The Kier molecular flexibility index (Phi) is 5.41. The van der Waals surface area contributed by atoms with E-state index in [4.69, 9.17) is 4.74 Å². The van der Waals surface area contributed by atoms with Crippen molar-refractivity contribution in [3.63, 3.8) is 0 Å². The number of aryl methyl sites for hydroxylation is 2. The number of nitrogens with one attached hydrogen (secondary N) is 1. The van der Waals surface area contributed by atoms with E-state index in [1.165, 1.54) is 11.8 Å². The minimum absolute atomic E-state index is 0.0645. The molecule has 0 unspecified atom stereocenters. The lowest BCUT2D eigenvalue weighted by molar-refractivity contribution is -0.120. The van der Waals surface area contributed by atoms with E-state index in [2.05, 4.69) is 20.4 Å². The van der Waals surface area contributed by atoms with Gasteiger partial charge in [0.1, 0.15) is 5.75 Å². The molecule has 0 atom stereocenters. The van der Waals surface area contributed by atoms with E-state index < -0.39 is 0 Å². The Labute approximate surface area is 156 Å². The first-order valence-electron chi connectivity index (χ1n) is 8.18. The SMILES string of the molecule is COc1cccc(CNC(=O)Cc2c(C)nc3nc(SC)nn3c2C)c1. The van der Waals surface area contributed by atoms with Crippen molar-refractivity contribution < 1.29 is 9.53 Å². The van der Waals surface area contributed by atoms with Crippen LogP contribution in [-0.2, 0) is 17.8 Å². The highest BCUT2D eigenvalue weighted by molar-refractivity contribution is 7.98. The van der Waals surface area contributed by atoms with Crippen molar-refractivity contribution in [2.24, 2.45) is 0 Å². The van der Waals surface area contributed by atoms with E-state index >= 15 is 0 Å². The molecule has 8 heteroatoms. The second-order valence-electron chi connectivity index (χ2n) is 5.88. The number of rotatable bonds is 6. The summed E-state index contributed by atoms with van der Waals surface area (Å²) in [6, 6.07) is 7.64. The molecular weight excluding hydrogens is 350 g/mol. The van der Waals surface area contributed by atoms with Crippen molar-refractivity contribution in [1.29, 1.82) is 0 Å². The lowest BCUT2D eigenvalue weighted by Crippen LogP contribution is -2.25. The second kappa shape index (κ2) is 7.74. The first-order valence-corrected chi connectivity index (χ1v) is 9.40. The number of nitrogens with zero attached hydrogens (tertiary/aromatic N) is 4. The molecule has 2 aromatic heterocycles. The quantitative estimate of drug-likeness (QED) is 0.670. The highest BCUT2D eigenvalue weighted by Gasteiger charge is 2.15. The smallest absolute Gasteiger partial charge is 0.253 e. The molecule has 1 aromatic carbocycles. The summed E-state index contributed by atoms with van der Waals surface area (Å²) in [6.07, 6.45) is 2.17. The van der Waals surface area contributed by atoms with E-state index in [9.17, 15) is 4.79 Å². The number of thioether (sulfide) groups is 1. The largest absolute Gasteiger partial charge is 0.497 e. The van der Waals surface area contributed by atoms with Gasteiger partial charge in [-0.15, -0.1) is 5.10 Å². The summed E-state index contributed by atoms with van der Waals surface area (Å²) >= 11 is 1.46. The number of amides is 1. The van der Waals surface area contributed by atoms with Crippen LogP contribution >= 0.6 is 11.8 Å². The monoisotopic (exact) mass is 371 g/mol. The van der Waals surface area contributed by atoms with Crippen molar-refractivity contribution in [1.82, 2.24) is 24.9 Å². The van der Waals surface area contributed by atoms with Gasteiger partial charge in [0.2, 0.25) is 11.1 Å². The number of carbonyl (C=O) groups excluding carboxylic acids is 1. The van der Waals surface area contributed by atoms with Crippen LogP contribution in [0, 0.1) is 13.8 Å². The summed E-state index contributed by atoms with van der Waals surface area (Å²) < 4.78 is 6.90. The molecule has 136 valence electrons. The Morgan fingerprint density at radius 2 is 2.12 bits per heavy atom. The molecule has 0 fully saturated rings. The third-order valence-corrected chi connectivity index (χ3v) is 4.71. The lowest BCUT2D eigenvalue weighted by Gasteiger charge is -2.11. The Morgan fingerprint density at radius 1 is 1.31 bits per heavy atom. The molecule has 0 radical (unpaired) electrons. The van der Waals surface area contributed by atoms with Gasteiger partial charge in [0, 0.05) is 23.5 Å². The van der Waals surface area contributed by atoms with Gasteiger partial charge in [-0.1, -0.05) is 23.9 Å². The van der Waals surface area contributed by atoms with Crippen molar-refractivity contribution in [3.8, 4) is 5.75 Å². The van der Waals surface area contributed by atoms with E-state index in [1.807, 2.05) is 44.4 Å². The molecule has 3 rings (SSSR count). The normalized spacial score (nSPS) is 10.9. The standard InChI is InChI=1S/C18H21N5O2S/c1-11-15(12(2)23-17(20-11)21-18(22-23)26-4)9-16(24)19-10-13-6-5-7-14(8-13)25-3/h5-8H,9-10H2,1-4H3,(H,19,24). The molecular formula is C18H21N5O2S. The molecule has 0 spiro atoms. The maximum absolute atomic E-state index is 12.4. The Morgan fingerprint density at radius 3 is 2.85 bits per heavy atom. The number of fused-ring (bicyclic) bond motifs is 1. The number of carbonyl (C=O) groups is 1. The minimum Gasteiger partial charge on any atom is -0.497 e. The molecule has 0 aliphatic carbocycles. The third kappa shape index (κ3) is 3.80. The molecule has 0 saturated heterocycles. The van der Waals surface area contributed by atoms with Crippen LogP contribution in [0.3, 0.4) is 0 Å². The molecule has 0 bridgehead atoms. The van der Waals surface area contributed by atoms with Crippen LogP contribution in [0.1, 0.15) is 22.5 Å². The fourth-order valence-electron chi connectivity index (χ4n) is 2.74. The topological polar surface area (TPSA) is 81.4 Å². The highest BCUT2D eigenvalue weighted by atomic mass is 32.2. The highest BCUT2D eigenvalue weighted by Crippen LogP contribution is 2.17. The van der Waals surface area contributed by atoms with Crippen LogP contribution in [0.25, 0.3) is 5.78 Å². The van der Waals surface area contributed by atoms with Gasteiger partial charge in [-0.3, -0.25) is 4.79 Å². The maximum Gasteiger partial charge on any atom is 0.253 e. The molecule has 0 aliphatic heterocycles. The van der Waals surface area contributed by atoms with Crippen LogP contribution < -0.4 is 10.1 Å². The molecule has 0 aliphatic rings. The van der Waals surface area contributed by atoms with E-state index in [1.54, 1.807) is 11.6 Å². The van der Waals surface area contributed by atoms with E-state index in [0.717, 1.165) is 28.3 Å². The van der Waals surface area contributed by atoms with Gasteiger partial charge in [0.05, 0.1) is 13.5 Å². The van der Waals surface area contributed by atoms with Gasteiger partial charge in [-0.25, -0.2) is 9.50 Å². The summed E-state index contributed by atoms with van der Waals surface area (Å²) in [5.74, 6) is 1.27. The van der Waals surface area contributed by atoms with E-state index in [-0.39, 0.29) is 12.3 Å². The zero-order valence-electron chi connectivity index (χ0n) is 15.2. The molecule has 7 nitrogen and oxygen atoms in total. The van der Waals surface area contributed by atoms with Crippen LogP contribution in [0.4, 0.5) is 0 Å². The van der Waals surface area contributed by atoms with Crippen LogP contribution in [-0.4, -0.2) is 38.9 Å². The zero-order chi connectivity index (χ0) is 18.7. The first-order chi connectivity index (χ1) is 12.5. The average Bonchev–Trinajstić information content (AvgIpc) is 3.07. The number of ether oxygens (including phenoxy) is 1. The van der Waals surface area contributed by atoms with Gasteiger partial charge in [-0.2, -0.15) is 4.98 Å². The van der Waals surface area contributed by atoms with Crippen molar-refractivity contribution in [3.05, 3.63) is 46.8 Å². The number of benzene rings is 1. The van der Waals surface area contributed by atoms with Gasteiger partial charge in [-0.05, 0) is 37.8 Å². The molecule has 0 saturated carbocycles. The Balaban J connectivity index is 1.74. The molecule has 26 heavy (non-hydrogen) atoms. The van der Waals surface area contributed by atoms with Gasteiger partial charge >= 0.3 is 0 Å². The van der Waals surface area contributed by atoms with E-state index in [0.29, 0.717) is 17.5 Å². The van der Waals surface area contributed by atoms with Gasteiger partial charge < -0.3 is 10.1 Å². The predicted molar refractivity (Wildman–Crippen MR) is 101 cm³/mol. The summed E-state index contributed by atoms with van der Waals surface area (Å²) in [7, 11) is 1.62. The fourth-order valence-corrected chi connectivity index (χ4v) is 3.07. The molecule has 1 N–H and O–H groups in total. The van der Waals surface area contributed by atoms with Crippen LogP contribution in [0.5, 0.6) is 5.75 Å². The predicted octanol–water partition coefficient (Wildman–Crippen LogP) is 2.33. The second-order valence-corrected chi connectivity index (χ2v) is 6.65. The summed E-state index contributed by atoms with van der Waals surface area (Å²) in [4.78, 5) is 21.3. The third-order valence-electron chi connectivity index (χ3n) is 4.17. The molecule has 1 amide bonds. The summed E-state index contributed by atoms with van der Waals surface area (Å²) in [5.41, 5.74) is 3.54. The lowest BCUT2D eigenvalue weighted by atomic mass is 10.1. The Hall–Kier alpha value is -2.61. The molecule has 2 heterocycles. The first kappa shape index (κ1) is 18.2. The number of methoxy groups -OCH3 is 1. The van der Waals surface area contributed by atoms with Crippen molar-refractivity contribution in [2.45, 2.75) is 32.0 Å². The average molecular weight is 371 g/mol. The number of aromatic nitrogens is 4. The maximum atomic E-state index is 12.4.